The van der Waals surface area contributed by atoms with Gasteiger partial charge in [-0.05, 0) is 42.8 Å². The van der Waals surface area contributed by atoms with Gasteiger partial charge in [0.2, 0.25) is 5.43 Å². The monoisotopic (exact) mass is 441 g/mol. The van der Waals surface area contributed by atoms with Crippen LogP contribution in [-0.4, -0.2) is 26.9 Å². The number of pyridine rings is 1. The molecule has 0 amide bonds. The van der Waals surface area contributed by atoms with E-state index in [4.69, 9.17) is 4.74 Å². The summed E-state index contributed by atoms with van der Waals surface area (Å²) >= 11 is 0. The van der Waals surface area contributed by atoms with Gasteiger partial charge in [0.05, 0.1) is 23.2 Å². The second kappa shape index (κ2) is 8.70. The molecule has 0 spiro atoms. The predicted octanol–water partition coefficient (Wildman–Crippen LogP) is 4.49. The minimum Gasteiger partial charge on any atom is -0.462 e. The Morgan fingerprint density at radius 1 is 1.12 bits per heavy atom. The van der Waals surface area contributed by atoms with E-state index in [1.807, 2.05) is 0 Å². The van der Waals surface area contributed by atoms with E-state index in [2.05, 4.69) is 5.10 Å². The average Bonchev–Trinajstić information content (AvgIpc) is 3.27. The quantitative estimate of drug-likeness (QED) is 0.414. The molecular formula is C23H18F3N3O3. The molecule has 6 nitrogen and oxygen atoms in total. The molecule has 2 aromatic heterocycles. The fourth-order valence-electron chi connectivity index (χ4n) is 3.43. The number of rotatable bonds is 6. The molecule has 0 bridgehead atoms. The molecule has 2 heterocycles. The summed E-state index contributed by atoms with van der Waals surface area (Å²) in [7, 11) is 0. The fourth-order valence-corrected chi connectivity index (χ4v) is 3.43. The molecule has 0 unspecified atom stereocenters. The number of benzene rings is 2. The van der Waals surface area contributed by atoms with Gasteiger partial charge in [-0.3, -0.25) is 4.79 Å². The molecule has 2 aromatic carbocycles. The second-order valence-corrected chi connectivity index (χ2v) is 7.01. The minimum absolute atomic E-state index is 0.0791. The van der Waals surface area contributed by atoms with Crippen molar-refractivity contribution in [2.45, 2.75) is 19.9 Å². The molecule has 0 N–H and O–H groups in total. The predicted molar refractivity (Wildman–Crippen MR) is 112 cm³/mol. The molecule has 0 atom stereocenters. The van der Waals surface area contributed by atoms with Crippen molar-refractivity contribution in [2.75, 3.05) is 6.61 Å². The van der Waals surface area contributed by atoms with E-state index in [1.54, 1.807) is 41.8 Å². The third-order valence-corrected chi connectivity index (χ3v) is 4.94. The molecule has 0 saturated heterocycles. The Balaban J connectivity index is 1.72. The number of esters is 1. The Morgan fingerprint density at radius 3 is 2.53 bits per heavy atom. The Morgan fingerprint density at radius 2 is 1.88 bits per heavy atom. The summed E-state index contributed by atoms with van der Waals surface area (Å²) in [4.78, 5) is 25.0. The van der Waals surface area contributed by atoms with Crippen LogP contribution in [-0.2, 0) is 11.3 Å². The molecule has 0 aliphatic rings. The Hall–Kier alpha value is -3.88. The molecule has 4 rings (SSSR count). The highest BCUT2D eigenvalue weighted by Crippen LogP contribution is 2.20. The second-order valence-electron chi connectivity index (χ2n) is 7.01. The largest absolute Gasteiger partial charge is 0.462 e. The van der Waals surface area contributed by atoms with E-state index in [0.717, 1.165) is 11.6 Å². The lowest BCUT2D eigenvalue weighted by atomic mass is 10.1. The number of nitrogens with zero attached hydrogens (tertiary/aromatic N) is 3. The molecule has 0 fully saturated rings. The summed E-state index contributed by atoms with van der Waals surface area (Å²) in [5, 5.41) is 3.65. The molecule has 0 radical (unpaired) electrons. The third-order valence-electron chi connectivity index (χ3n) is 4.94. The lowest BCUT2D eigenvalue weighted by Crippen LogP contribution is -2.22. The Kier molecular flexibility index (Phi) is 5.81. The zero-order chi connectivity index (χ0) is 22.8. The molecular weight excluding hydrogens is 423 g/mol. The molecule has 0 aliphatic heterocycles. The smallest absolute Gasteiger partial charge is 0.343 e. The molecule has 9 heteroatoms. The average molecular weight is 441 g/mol. The number of ether oxygens (including phenoxy) is 1. The van der Waals surface area contributed by atoms with E-state index in [1.165, 1.54) is 29.2 Å². The Bertz CT molecular complexity index is 1340. The highest BCUT2D eigenvalue weighted by Gasteiger charge is 2.19. The van der Waals surface area contributed by atoms with Gasteiger partial charge in [-0.2, -0.15) is 5.10 Å². The number of fused-ring (bicyclic) bond motifs is 1. The number of aromatic nitrogens is 3. The van der Waals surface area contributed by atoms with Crippen molar-refractivity contribution >= 4 is 16.9 Å². The van der Waals surface area contributed by atoms with Crippen LogP contribution in [0.5, 0.6) is 0 Å². The van der Waals surface area contributed by atoms with Gasteiger partial charge < -0.3 is 9.30 Å². The number of carbonyl (C=O) groups is 1. The van der Waals surface area contributed by atoms with Gasteiger partial charge >= 0.3 is 5.97 Å². The first-order chi connectivity index (χ1) is 15.4. The van der Waals surface area contributed by atoms with E-state index in [-0.39, 0.29) is 29.8 Å². The van der Waals surface area contributed by atoms with Crippen molar-refractivity contribution in [3.8, 4) is 5.69 Å². The van der Waals surface area contributed by atoms with E-state index < -0.39 is 23.6 Å². The summed E-state index contributed by atoms with van der Waals surface area (Å²) in [5.74, 6) is -1.54. The van der Waals surface area contributed by atoms with Crippen LogP contribution in [0, 0.1) is 5.82 Å². The van der Waals surface area contributed by atoms with Crippen molar-refractivity contribution in [1.82, 2.24) is 14.3 Å². The van der Waals surface area contributed by atoms with Gasteiger partial charge in [0, 0.05) is 18.9 Å². The lowest BCUT2D eigenvalue weighted by molar-refractivity contribution is 0.0524. The van der Waals surface area contributed by atoms with E-state index in [0.29, 0.717) is 11.2 Å². The van der Waals surface area contributed by atoms with Crippen LogP contribution in [0.3, 0.4) is 0 Å². The highest BCUT2D eigenvalue weighted by molar-refractivity contribution is 5.94. The van der Waals surface area contributed by atoms with E-state index in [9.17, 15) is 22.8 Å². The fraction of sp³-hybridized carbons (Fsp3) is 0.174. The normalized spacial score (nSPS) is 11.3. The highest BCUT2D eigenvalue weighted by atomic mass is 19.3. The summed E-state index contributed by atoms with van der Waals surface area (Å²) in [5.41, 5.74) is 0.402. The lowest BCUT2D eigenvalue weighted by Gasteiger charge is -2.14. The SMILES string of the molecule is CCOC(=O)c1cn(Cc2ccc(-n3ccc(C(F)F)n3)cc2)c2cccc(F)c2c1=O. The summed E-state index contributed by atoms with van der Waals surface area (Å²) in [6.07, 6.45) is 0.150. The summed E-state index contributed by atoms with van der Waals surface area (Å²) < 4.78 is 47.9. The van der Waals surface area contributed by atoms with Gasteiger partial charge in [-0.15, -0.1) is 0 Å². The number of hydrogen-bond donors (Lipinski definition) is 0. The van der Waals surface area contributed by atoms with Crippen molar-refractivity contribution in [1.29, 1.82) is 0 Å². The number of carbonyl (C=O) groups excluding carboxylic acids is 1. The van der Waals surface area contributed by atoms with Crippen LogP contribution >= 0.6 is 0 Å². The molecule has 0 aliphatic carbocycles. The van der Waals surface area contributed by atoms with Crippen LogP contribution in [0.15, 0.2) is 65.7 Å². The minimum atomic E-state index is -2.65. The zero-order valence-corrected chi connectivity index (χ0v) is 17.0. The first-order valence-electron chi connectivity index (χ1n) is 9.81. The van der Waals surface area contributed by atoms with Gasteiger partial charge in [0.25, 0.3) is 6.43 Å². The van der Waals surface area contributed by atoms with Gasteiger partial charge in [0.1, 0.15) is 17.1 Å². The van der Waals surface area contributed by atoms with Crippen molar-refractivity contribution in [3.63, 3.8) is 0 Å². The summed E-state index contributed by atoms with van der Waals surface area (Å²) in [6.45, 7) is 1.92. The molecule has 4 aromatic rings. The topological polar surface area (TPSA) is 66.1 Å². The number of alkyl halides is 2. The first-order valence-corrected chi connectivity index (χ1v) is 9.81. The van der Waals surface area contributed by atoms with Crippen molar-refractivity contribution in [2.24, 2.45) is 0 Å². The van der Waals surface area contributed by atoms with Crippen LogP contribution in [0.4, 0.5) is 13.2 Å². The maximum atomic E-state index is 14.5. The third kappa shape index (κ3) is 4.01. The summed E-state index contributed by atoms with van der Waals surface area (Å²) in [6, 6.07) is 12.4. The molecule has 0 saturated carbocycles. The van der Waals surface area contributed by atoms with Crippen molar-refractivity contribution in [3.05, 3.63) is 93.8 Å². The Labute approximate surface area is 180 Å². The van der Waals surface area contributed by atoms with Crippen LogP contribution in [0.25, 0.3) is 16.6 Å². The van der Waals surface area contributed by atoms with Crippen LogP contribution in [0.2, 0.25) is 0 Å². The van der Waals surface area contributed by atoms with Crippen LogP contribution < -0.4 is 5.43 Å². The van der Waals surface area contributed by atoms with Gasteiger partial charge in [-0.25, -0.2) is 22.6 Å². The number of hydrogen-bond acceptors (Lipinski definition) is 4. The standard InChI is InChI=1S/C23H18F3N3O3/c1-2-32-23(31)16-13-28(19-5-3-4-17(24)20(19)21(16)30)12-14-6-8-15(9-7-14)29-11-10-18(27-29)22(25)26/h3-11,13,22H,2,12H2,1H3. The maximum absolute atomic E-state index is 14.5. The molecule has 32 heavy (non-hydrogen) atoms. The van der Waals surface area contributed by atoms with E-state index >= 15 is 0 Å². The van der Waals surface area contributed by atoms with Crippen molar-refractivity contribution < 1.29 is 22.7 Å². The first kappa shape index (κ1) is 21.4. The number of halogens is 3. The van der Waals surface area contributed by atoms with Gasteiger partial charge in [0.15, 0.2) is 0 Å². The van der Waals surface area contributed by atoms with Gasteiger partial charge in [-0.1, -0.05) is 18.2 Å². The molecule has 164 valence electrons. The van der Waals surface area contributed by atoms with Crippen LogP contribution in [0.1, 0.15) is 35.0 Å². The zero-order valence-electron chi connectivity index (χ0n) is 17.0. The maximum Gasteiger partial charge on any atom is 0.343 e.